The van der Waals surface area contributed by atoms with Crippen LogP contribution < -0.4 is 4.90 Å². The summed E-state index contributed by atoms with van der Waals surface area (Å²) in [6.45, 7) is 0.174. The van der Waals surface area contributed by atoms with Crippen molar-refractivity contribution in [1.29, 1.82) is 5.26 Å². The van der Waals surface area contributed by atoms with E-state index in [9.17, 15) is 14.9 Å². The molecule has 0 bridgehead atoms. The molecule has 0 saturated carbocycles. The van der Waals surface area contributed by atoms with E-state index in [4.69, 9.17) is 21.6 Å². The second-order valence-electron chi connectivity index (χ2n) is 5.72. The smallest absolute Gasteiger partial charge is 0.308 e. The first-order chi connectivity index (χ1) is 13.8. The van der Waals surface area contributed by atoms with E-state index < -0.39 is 10.9 Å². The highest BCUT2D eigenvalue weighted by Gasteiger charge is 2.14. The number of hydrogen-bond donors (Lipinski definition) is 0. The van der Waals surface area contributed by atoms with Crippen LogP contribution in [0.4, 0.5) is 22.7 Å². The minimum Gasteiger partial charge on any atom is -0.450 e. The number of nitro benzene ring substituents is 1. The number of hydrogen-bond acceptors (Lipinski definition) is 8. The van der Waals surface area contributed by atoms with Crippen LogP contribution in [-0.2, 0) is 9.53 Å². The van der Waals surface area contributed by atoms with Gasteiger partial charge in [0, 0.05) is 31.4 Å². The molecule has 0 saturated heterocycles. The quantitative estimate of drug-likeness (QED) is 0.218. The van der Waals surface area contributed by atoms with Gasteiger partial charge in [0.2, 0.25) is 0 Å². The molecule has 0 aromatic heterocycles. The molecule has 9 nitrogen and oxygen atoms in total. The van der Waals surface area contributed by atoms with E-state index in [-0.39, 0.29) is 29.4 Å². The number of carbonyl (C=O) groups is 1. The molecule has 0 aliphatic rings. The molecule has 0 unspecified atom stereocenters. The van der Waals surface area contributed by atoms with Crippen LogP contribution in [0.1, 0.15) is 6.42 Å². The van der Waals surface area contributed by atoms with E-state index in [0.29, 0.717) is 16.7 Å². The highest BCUT2D eigenvalue weighted by molar-refractivity contribution is 9.10. The molecule has 0 amide bonds. The summed E-state index contributed by atoms with van der Waals surface area (Å²) >= 11 is 9.26. The van der Waals surface area contributed by atoms with Gasteiger partial charge < -0.3 is 9.64 Å². The lowest BCUT2D eigenvalue weighted by molar-refractivity contribution is -0.384. The number of carbonyl (C=O) groups excluding carboxylic acids is 1. The highest BCUT2D eigenvalue weighted by atomic mass is 79.9. The van der Waals surface area contributed by atoms with Crippen LogP contribution >= 0.6 is 27.5 Å². The molecule has 2 rings (SSSR count). The lowest BCUT2D eigenvalue weighted by Crippen LogP contribution is -2.21. The lowest BCUT2D eigenvalue weighted by atomic mass is 10.2. The zero-order valence-corrected chi connectivity index (χ0v) is 17.6. The molecule has 2 aromatic carbocycles. The van der Waals surface area contributed by atoms with Gasteiger partial charge in [-0.25, -0.2) is 0 Å². The van der Waals surface area contributed by atoms with Crippen molar-refractivity contribution in [3.63, 3.8) is 0 Å². The second-order valence-corrected chi connectivity index (χ2v) is 6.98. The Morgan fingerprint density at radius 3 is 2.62 bits per heavy atom. The Morgan fingerprint density at radius 1 is 1.34 bits per heavy atom. The predicted molar refractivity (Wildman–Crippen MR) is 111 cm³/mol. The standard InChI is InChI=1S/C18H15BrClN5O4/c1-24(8-6-17(26)29-9-7-21)13-4-2-12(3-5-13)22-23-18-15(19)10-14(25(27)28)11-16(18)20/h2-5,10-11H,6,8-9H2,1H3. The molecule has 0 aliphatic heterocycles. The zero-order valence-electron chi connectivity index (χ0n) is 15.2. The van der Waals surface area contributed by atoms with Gasteiger partial charge in [0.05, 0.1) is 26.5 Å². The number of benzene rings is 2. The SMILES string of the molecule is CN(CCC(=O)OCC#N)c1ccc(N=Nc2c(Cl)cc([N+](=O)[O-])cc2Br)cc1. The van der Waals surface area contributed by atoms with Gasteiger partial charge in [-0.2, -0.15) is 10.4 Å². The maximum absolute atomic E-state index is 11.4. The number of ether oxygens (including phenoxy) is 1. The first-order valence-electron chi connectivity index (χ1n) is 8.20. The minimum atomic E-state index is -0.546. The lowest BCUT2D eigenvalue weighted by Gasteiger charge is -2.18. The van der Waals surface area contributed by atoms with Crippen molar-refractivity contribution in [2.75, 3.05) is 25.1 Å². The summed E-state index contributed by atoms with van der Waals surface area (Å²) < 4.78 is 5.07. The van der Waals surface area contributed by atoms with Gasteiger partial charge in [-0.3, -0.25) is 14.9 Å². The summed E-state index contributed by atoms with van der Waals surface area (Å²) in [7, 11) is 1.82. The largest absolute Gasteiger partial charge is 0.450 e. The molecule has 0 atom stereocenters. The number of nitrogens with zero attached hydrogens (tertiary/aromatic N) is 5. The predicted octanol–water partition coefficient (Wildman–Crippen LogP) is 5.32. The number of halogens is 2. The first-order valence-corrected chi connectivity index (χ1v) is 9.38. The Labute approximate surface area is 179 Å². The van der Waals surface area contributed by atoms with Crippen molar-refractivity contribution in [2.24, 2.45) is 10.2 Å². The van der Waals surface area contributed by atoms with Crippen LogP contribution in [-0.4, -0.2) is 31.1 Å². The number of esters is 1. The highest BCUT2D eigenvalue weighted by Crippen LogP contribution is 2.38. The van der Waals surface area contributed by atoms with Crippen molar-refractivity contribution >= 4 is 56.2 Å². The molecule has 150 valence electrons. The zero-order chi connectivity index (χ0) is 21.4. The number of nitriles is 1. The van der Waals surface area contributed by atoms with E-state index in [2.05, 4.69) is 26.2 Å². The molecule has 11 heteroatoms. The van der Waals surface area contributed by atoms with Crippen LogP contribution in [0.25, 0.3) is 0 Å². The Bertz CT molecular complexity index is 952. The first kappa shape index (κ1) is 22.3. The second kappa shape index (κ2) is 10.5. The van der Waals surface area contributed by atoms with Crippen LogP contribution in [0.5, 0.6) is 0 Å². The summed E-state index contributed by atoms with van der Waals surface area (Å²) in [4.78, 5) is 23.6. The maximum atomic E-state index is 11.4. The normalized spacial score (nSPS) is 10.6. The van der Waals surface area contributed by atoms with Crippen molar-refractivity contribution in [2.45, 2.75) is 6.42 Å². The van der Waals surface area contributed by atoms with Crippen molar-refractivity contribution in [3.05, 3.63) is 56.0 Å². The Kier molecular flexibility index (Phi) is 8.06. The third kappa shape index (κ3) is 6.51. The van der Waals surface area contributed by atoms with Crippen molar-refractivity contribution in [1.82, 2.24) is 0 Å². The Hall–Kier alpha value is -3.03. The van der Waals surface area contributed by atoms with E-state index in [0.717, 1.165) is 5.69 Å². The monoisotopic (exact) mass is 479 g/mol. The fourth-order valence-electron chi connectivity index (χ4n) is 2.21. The molecule has 0 heterocycles. The topological polar surface area (TPSA) is 121 Å². The number of nitro groups is 1. The number of non-ortho nitro benzene ring substituents is 1. The van der Waals surface area contributed by atoms with Gasteiger partial charge in [0.1, 0.15) is 11.8 Å². The fourth-order valence-corrected chi connectivity index (χ4v) is 3.10. The molecule has 0 N–H and O–H groups in total. The molecular weight excluding hydrogens is 466 g/mol. The number of rotatable bonds is 8. The molecule has 29 heavy (non-hydrogen) atoms. The summed E-state index contributed by atoms with van der Waals surface area (Å²) in [5.74, 6) is -0.436. The molecule has 2 aromatic rings. The molecule has 0 aliphatic carbocycles. The Balaban J connectivity index is 2.03. The van der Waals surface area contributed by atoms with Crippen LogP contribution in [0.15, 0.2) is 51.1 Å². The molecular formula is C18H15BrClN5O4. The van der Waals surface area contributed by atoms with Gasteiger partial charge in [0.15, 0.2) is 6.61 Å². The molecule has 0 fully saturated rings. The van der Waals surface area contributed by atoms with Crippen molar-refractivity contribution < 1.29 is 14.5 Å². The number of azo groups is 1. The van der Waals surface area contributed by atoms with Gasteiger partial charge in [-0.1, -0.05) is 11.6 Å². The van der Waals surface area contributed by atoms with Crippen LogP contribution in [0, 0.1) is 21.4 Å². The van der Waals surface area contributed by atoms with Gasteiger partial charge >= 0.3 is 5.97 Å². The summed E-state index contributed by atoms with van der Waals surface area (Å²) in [5.41, 5.74) is 1.54. The fraction of sp³-hybridized carbons (Fsp3) is 0.222. The molecule has 0 radical (unpaired) electrons. The summed E-state index contributed by atoms with van der Waals surface area (Å²) in [6, 6.07) is 11.3. The maximum Gasteiger partial charge on any atom is 0.308 e. The minimum absolute atomic E-state index is 0.106. The van der Waals surface area contributed by atoms with E-state index >= 15 is 0 Å². The summed E-state index contributed by atoms with van der Waals surface area (Å²) in [5, 5.41) is 27.5. The third-order valence-electron chi connectivity index (χ3n) is 3.72. The average Bonchev–Trinajstić information content (AvgIpc) is 2.70. The van der Waals surface area contributed by atoms with Gasteiger partial charge in [-0.05, 0) is 40.2 Å². The Morgan fingerprint density at radius 2 is 2.03 bits per heavy atom. The molecule has 0 spiro atoms. The third-order valence-corrected chi connectivity index (χ3v) is 4.61. The van der Waals surface area contributed by atoms with Crippen LogP contribution in [0.2, 0.25) is 5.02 Å². The van der Waals surface area contributed by atoms with E-state index in [1.807, 2.05) is 11.9 Å². The van der Waals surface area contributed by atoms with Crippen molar-refractivity contribution in [3.8, 4) is 6.07 Å². The van der Waals surface area contributed by atoms with Gasteiger partial charge in [-0.15, -0.1) is 5.11 Å². The number of anilines is 1. The van der Waals surface area contributed by atoms with E-state index in [1.165, 1.54) is 12.1 Å². The average molecular weight is 481 g/mol. The summed E-state index contributed by atoms with van der Waals surface area (Å²) in [6.07, 6.45) is 0.159. The van der Waals surface area contributed by atoms with Gasteiger partial charge in [0.25, 0.3) is 5.69 Å². The van der Waals surface area contributed by atoms with E-state index in [1.54, 1.807) is 30.3 Å². The van der Waals surface area contributed by atoms with Crippen LogP contribution in [0.3, 0.4) is 0 Å².